The minimum absolute atomic E-state index is 0.243. The molecule has 1 fully saturated rings. The van der Waals surface area contributed by atoms with Crippen molar-refractivity contribution >= 4 is 0 Å². The summed E-state index contributed by atoms with van der Waals surface area (Å²) in [6.45, 7) is 0. The van der Waals surface area contributed by atoms with Crippen LogP contribution < -0.4 is 11.5 Å². The maximum atomic E-state index is 5.56. The molecular weight excluding hydrogens is 124 g/mol. The third kappa shape index (κ3) is 0.728. The topological polar surface area (TPSA) is 52.0 Å². The molecule has 0 amide bonds. The lowest BCUT2D eigenvalue weighted by Crippen LogP contribution is -2.32. The maximum absolute atomic E-state index is 5.56. The van der Waals surface area contributed by atoms with E-state index in [4.69, 9.17) is 11.5 Å². The minimum Gasteiger partial charge on any atom is -0.312 e. The Kier molecular flexibility index (Phi) is 1.19. The Labute approximate surface area is 60.6 Å². The summed E-state index contributed by atoms with van der Waals surface area (Å²) in [6.07, 6.45) is 5.52. The van der Waals surface area contributed by atoms with Crippen LogP contribution in [0.3, 0.4) is 0 Å². The molecule has 2 nitrogen and oxygen atoms in total. The van der Waals surface area contributed by atoms with Gasteiger partial charge in [0.25, 0.3) is 0 Å². The third-order valence-corrected chi connectivity index (χ3v) is 2.32. The van der Waals surface area contributed by atoms with Gasteiger partial charge in [0.2, 0.25) is 0 Å². The van der Waals surface area contributed by atoms with Crippen molar-refractivity contribution in [2.45, 2.75) is 25.4 Å². The lowest BCUT2D eigenvalue weighted by atomic mass is 10.1. The van der Waals surface area contributed by atoms with Gasteiger partial charge in [-0.2, -0.15) is 0 Å². The van der Waals surface area contributed by atoms with Crippen LogP contribution in [0.1, 0.15) is 19.3 Å². The third-order valence-electron chi connectivity index (χ3n) is 2.32. The smallest absolute Gasteiger partial charge is 0.0784 e. The number of hydrogen-bond donors (Lipinski definition) is 2. The zero-order chi connectivity index (χ0) is 7.14. The van der Waals surface area contributed by atoms with Crippen molar-refractivity contribution in [3.05, 3.63) is 22.8 Å². The van der Waals surface area contributed by atoms with Crippen molar-refractivity contribution in [2.75, 3.05) is 0 Å². The normalized spacial score (nSPS) is 22.9. The van der Waals surface area contributed by atoms with Crippen LogP contribution in [-0.2, 0) is 0 Å². The Morgan fingerprint density at radius 3 is 2.40 bits per heavy atom. The first-order valence-electron chi connectivity index (χ1n) is 3.70. The molecule has 2 rings (SSSR count). The minimum atomic E-state index is -0.243. The highest BCUT2D eigenvalue weighted by Crippen LogP contribution is 2.39. The second-order valence-corrected chi connectivity index (χ2v) is 3.06. The van der Waals surface area contributed by atoms with E-state index in [9.17, 15) is 0 Å². The zero-order valence-corrected chi connectivity index (χ0v) is 5.93. The van der Waals surface area contributed by atoms with E-state index in [0.717, 1.165) is 6.42 Å². The Morgan fingerprint density at radius 2 is 2.10 bits per heavy atom. The molecule has 0 heterocycles. The summed E-state index contributed by atoms with van der Waals surface area (Å²) in [5, 5.41) is 0. The van der Waals surface area contributed by atoms with Crippen molar-refractivity contribution < 1.29 is 0 Å². The van der Waals surface area contributed by atoms with Crippen LogP contribution in [0.25, 0.3) is 0 Å². The van der Waals surface area contributed by atoms with Crippen LogP contribution in [0.5, 0.6) is 0 Å². The molecule has 0 unspecified atom stereocenters. The molecule has 0 radical (unpaired) electrons. The van der Waals surface area contributed by atoms with E-state index in [-0.39, 0.29) is 6.17 Å². The highest BCUT2D eigenvalue weighted by atomic mass is 14.9. The molecular formula is C8H12N2. The standard InChI is InChI=1S/C8H12N2/c9-8(10)7-4-5-1-2-6(7)3-5/h4,8H,1-3,9-10H2. The number of hydrogen-bond acceptors (Lipinski definition) is 2. The van der Waals surface area contributed by atoms with Gasteiger partial charge in [0.15, 0.2) is 0 Å². The van der Waals surface area contributed by atoms with E-state index in [2.05, 4.69) is 6.08 Å². The molecule has 2 bridgehead atoms. The first kappa shape index (κ1) is 6.13. The lowest BCUT2D eigenvalue weighted by Gasteiger charge is -2.09. The number of allylic oxidation sites excluding steroid dienone is 2. The SMILES string of the molecule is NC(N)C1=C2CCC(=C1)C2. The van der Waals surface area contributed by atoms with Crippen LogP contribution in [0, 0.1) is 0 Å². The van der Waals surface area contributed by atoms with Crippen LogP contribution in [0.2, 0.25) is 0 Å². The fraction of sp³-hybridized carbons (Fsp3) is 0.500. The fourth-order valence-corrected chi connectivity index (χ4v) is 1.79. The quantitative estimate of drug-likeness (QED) is 0.520. The summed E-state index contributed by atoms with van der Waals surface area (Å²) in [5.41, 5.74) is 15.3. The van der Waals surface area contributed by atoms with E-state index < -0.39 is 0 Å². The van der Waals surface area contributed by atoms with Crippen molar-refractivity contribution in [1.29, 1.82) is 0 Å². The Morgan fingerprint density at radius 1 is 1.30 bits per heavy atom. The molecule has 4 N–H and O–H groups in total. The molecule has 0 aliphatic heterocycles. The van der Waals surface area contributed by atoms with Gasteiger partial charge < -0.3 is 11.5 Å². The van der Waals surface area contributed by atoms with Gasteiger partial charge in [0, 0.05) is 0 Å². The number of rotatable bonds is 1. The Bertz CT molecular complexity index is 223. The van der Waals surface area contributed by atoms with Gasteiger partial charge in [0.05, 0.1) is 6.17 Å². The number of nitrogens with two attached hydrogens (primary N) is 2. The van der Waals surface area contributed by atoms with Gasteiger partial charge >= 0.3 is 0 Å². The van der Waals surface area contributed by atoms with Gasteiger partial charge in [-0.05, 0) is 24.8 Å². The predicted octanol–water partition coefficient (Wildman–Crippen LogP) is 0.650. The van der Waals surface area contributed by atoms with Crippen molar-refractivity contribution in [1.82, 2.24) is 0 Å². The molecule has 1 saturated carbocycles. The molecule has 0 saturated heterocycles. The van der Waals surface area contributed by atoms with E-state index in [0.29, 0.717) is 0 Å². The monoisotopic (exact) mass is 136 g/mol. The molecule has 0 aromatic heterocycles. The molecule has 10 heavy (non-hydrogen) atoms. The average Bonchev–Trinajstić information content (AvgIpc) is 2.44. The molecule has 0 aromatic carbocycles. The summed E-state index contributed by atoms with van der Waals surface area (Å²) in [6, 6.07) is 0. The maximum Gasteiger partial charge on any atom is 0.0784 e. The van der Waals surface area contributed by atoms with Gasteiger partial charge in [-0.3, -0.25) is 0 Å². The van der Waals surface area contributed by atoms with Crippen LogP contribution in [0.4, 0.5) is 0 Å². The van der Waals surface area contributed by atoms with Crippen molar-refractivity contribution in [3.63, 3.8) is 0 Å². The second kappa shape index (κ2) is 1.94. The van der Waals surface area contributed by atoms with Gasteiger partial charge in [-0.1, -0.05) is 17.2 Å². The summed E-state index contributed by atoms with van der Waals surface area (Å²) in [4.78, 5) is 0. The summed E-state index contributed by atoms with van der Waals surface area (Å²) in [5.74, 6) is 0. The summed E-state index contributed by atoms with van der Waals surface area (Å²) >= 11 is 0. The molecule has 54 valence electrons. The second-order valence-electron chi connectivity index (χ2n) is 3.06. The van der Waals surface area contributed by atoms with Crippen LogP contribution in [-0.4, -0.2) is 6.17 Å². The van der Waals surface area contributed by atoms with E-state index in [1.54, 1.807) is 0 Å². The van der Waals surface area contributed by atoms with Crippen LogP contribution >= 0.6 is 0 Å². The predicted molar refractivity (Wildman–Crippen MR) is 41.1 cm³/mol. The van der Waals surface area contributed by atoms with Crippen molar-refractivity contribution in [2.24, 2.45) is 11.5 Å². The molecule has 2 aliphatic carbocycles. The lowest BCUT2D eigenvalue weighted by molar-refractivity contribution is 0.814. The number of fused-ring (bicyclic) bond motifs is 2. The average molecular weight is 136 g/mol. The van der Waals surface area contributed by atoms with Gasteiger partial charge in [-0.25, -0.2) is 0 Å². The van der Waals surface area contributed by atoms with E-state index in [1.165, 1.54) is 29.6 Å². The highest BCUT2D eigenvalue weighted by molar-refractivity contribution is 5.45. The first-order valence-corrected chi connectivity index (χ1v) is 3.70. The highest BCUT2D eigenvalue weighted by Gasteiger charge is 2.23. The molecule has 0 atom stereocenters. The fourth-order valence-electron chi connectivity index (χ4n) is 1.79. The van der Waals surface area contributed by atoms with E-state index >= 15 is 0 Å². The first-order chi connectivity index (χ1) is 4.77. The van der Waals surface area contributed by atoms with E-state index in [1.807, 2.05) is 0 Å². The largest absolute Gasteiger partial charge is 0.312 e. The van der Waals surface area contributed by atoms with Gasteiger partial charge in [0.1, 0.15) is 0 Å². The molecule has 0 aromatic rings. The van der Waals surface area contributed by atoms with Crippen molar-refractivity contribution in [3.8, 4) is 0 Å². The summed E-state index contributed by atoms with van der Waals surface area (Å²) in [7, 11) is 0. The van der Waals surface area contributed by atoms with Crippen LogP contribution in [0.15, 0.2) is 22.8 Å². The molecule has 2 aliphatic rings. The van der Waals surface area contributed by atoms with Gasteiger partial charge in [-0.15, -0.1) is 0 Å². The Balaban J connectivity index is 2.31. The zero-order valence-electron chi connectivity index (χ0n) is 5.93. The summed E-state index contributed by atoms with van der Waals surface area (Å²) < 4.78 is 0. The molecule has 0 spiro atoms. The Hall–Kier alpha value is -0.600. The molecule has 2 heteroatoms.